The largest absolute Gasteiger partial charge is 0.356 e. The van der Waals surface area contributed by atoms with Crippen LogP contribution in [0.5, 0.6) is 0 Å². The summed E-state index contributed by atoms with van der Waals surface area (Å²) in [7, 11) is 1.67. The minimum atomic E-state index is -0.0442. The second-order valence-electron chi connectivity index (χ2n) is 3.98. The van der Waals surface area contributed by atoms with E-state index < -0.39 is 0 Å². The van der Waals surface area contributed by atoms with Crippen molar-refractivity contribution in [2.24, 2.45) is 0 Å². The van der Waals surface area contributed by atoms with Gasteiger partial charge in [-0.15, -0.1) is 0 Å². The molecule has 0 saturated carbocycles. The van der Waals surface area contributed by atoms with Gasteiger partial charge in [-0.3, -0.25) is 0 Å². The topological polar surface area (TPSA) is 18.5 Å². The molecule has 0 amide bonds. The van der Waals surface area contributed by atoms with Gasteiger partial charge < -0.3 is 9.47 Å². The van der Waals surface area contributed by atoms with Gasteiger partial charge in [-0.1, -0.05) is 37.0 Å². The van der Waals surface area contributed by atoms with Gasteiger partial charge in [0.2, 0.25) is 0 Å². The van der Waals surface area contributed by atoms with E-state index in [4.69, 9.17) is 9.47 Å². The highest BCUT2D eigenvalue weighted by molar-refractivity contribution is 5.31. The first-order valence-electron chi connectivity index (χ1n) is 6.36. The SMILES string of the molecule is CCCC#CC#CC=CC=CC1CCC(OC)O1. The lowest BCUT2D eigenvalue weighted by Gasteiger charge is -2.07. The maximum atomic E-state index is 5.58. The minimum Gasteiger partial charge on any atom is -0.356 e. The Labute approximate surface area is 110 Å². The van der Waals surface area contributed by atoms with Crippen LogP contribution in [0, 0.1) is 23.7 Å². The molecule has 1 aliphatic heterocycles. The third-order valence-electron chi connectivity index (χ3n) is 2.49. The van der Waals surface area contributed by atoms with Crippen LogP contribution in [0.3, 0.4) is 0 Å². The molecule has 2 unspecified atom stereocenters. The van der Waals surface area contributed by atoms with Crippen LogP contribution in [0.2, 0.25) is 0 Å². The van der Waals surface area contributed by atoms with E-state index in [-0.39, 0.29) is 12.4 Å². The number of hydrogen-bond acceptors (Lipinski definition) is 2. The monoisotopic (exact) mass is 244 g/mol. The highest BCUT2D eigenvalue weighted by Gasteiger charge is 2.22. The van der Waals surface area contributed by atoms with Crippen molar-refractivity contribution in [3.8, 4) is 23.7 Å². The van der Waals surface area contributed by atoms with Crippen molar-refractivity contribution in [1.82, 2.24) is 0 Å². The van der Waals surface area contributed by atoms with Crippen LogP contribution >= 0.6 is 0 Å². The van der Waals surface area contributed by atoms with Gasteiger partial charge in [0.1, 0.15) is 0 Å². The second kappa shape index (κ2) is 9.54. The van der Waals surface area contributed by atoms with E-state index in [1.165, 1.54) is 0 Å². The Balaban J connectivity index is 2.22. The van der Waals surface area contributed by atoms with E-state index in [0.717, 1.165) is 25.7 Å². The standard InChI is InChI=1S/C16H20O2/c1-3-4-5-6-7-8-9-10-11-12-15-13-14-16(17-2)18-15/h9-12,15-16H,3-4,13-14H2,1-2H3. The molecule has 1 heterocycles. The van der Waals surface area contributed by atoms with Crippen molar-refractivity contribution in [1.29, 1.82) is 0 Å². The molecule has 1 aliphatic rings. The molecule has 0 radical (unpaired) electrons. The first-order valence-corrected chi connectivity index (χ1v) is 6.36. The summed E-state index contributed by atoms with van der Waals surface area (Å²) in [5.74, 6) is 11.4. The average molecular weight is 244 g/mol. The summed E-state index contributed by atoms with van der Waals surface area (Å²) >= 11 is 0. The second-order valence-corrected chi connectivity index (χ2v) is 3.98. The van der Waals surface area contributed by atoms with Gasteiger partial charge in [-0.05, 0) is 30.8 Å². The third-order valence-corrected chi connectivity index (χ3v) is 2.49. The summed E-state index contributed by atoms with van der Waals surface area (Å²) in [4.78, 5) is 0. The molecule has 96 valence electrons. The molecule has 18 heavy (non-hydrogen) atoms. The number of methoxy groups -OCH3 is 1. The predicted molar refractivity (Wildman–Crippen MR) is 73.6 cm³/mol. The van der Waals surface area contributed by atoms with Gasteiger partial charge in [0.15, 0.2) is 6.29 Å². The fraction of sp³-hybridized carbons (Fsp3) is 0.500. The van der Waals surface area contributed by atoms with Crippen LogP contribution in [0.25, 0.3) is 0 Å². The van der Waals surface area contributed by atoms with Crippen LogP contribution in [0.15, 0.2) is 24.3 Å². The normalized spacial score (nSPS) is 22.8. The van der Waals surface area contributed by atoms with Crippen molar-refractivity contribution in [2.75, 3.05) is 7.11 Å². The van der Waals surface area contributed by atoms with E-state index >= 15 is 0 Å². The van der Waals surface area contributed by atoms with Crippen molar-refractivity contribution in [3.05, 3.63) is 24.3 Å². The molecule has 0 spiro atoms. The van der Waals surface area contributed by atoms with Crippen LogP contribution in [0.1, 0.15) is 32.6 Å². The Bertz CT molecular complexity index is 398. The molecular formula is C16H20O2. The molecule has 0 N–H and O–H groups in total. The Kier molecular flexibility index (Phi) is 7.73. The maximum absolute atomic E-state index is 5.58. The van der Waals surface area contributed by atoms with Gasteiger partial charge >= 0.3 is 0 Å². The van der Waals surface area contributed by atoms with Crippen molar-refractivity contribution in [2.45, 2.75) is 45.0 Å². The molecule has 2 nitrogen and oxygen atoms in total. The first-order chi connectivity index (χ1) is 8.86. The fourth-order valence-corrected chi connectivity index (χ4v) is 1.55. The Hall–Kier alpha value is -1.48. The van der Waals surface area contributed by atoms with E-state index in [2.05, 4.69) is 30.6 Å². The van der Waals surface area contributed by atoms with Crippen LogP contribution in [-0.2, 0) is 9.47 Å². The number of hydrogen-bond donors (Lipinski definition) is 0. The molecule has 2 atom stereocenters. The first kappa shape index (κ1) is 14.6. The van der Waals surface area contributed by atoms with Gasteiger partial charge in [0, 0.05) is 20.0 Å². The quantitative estimate of drug-likeness (QED) is 0.559. The Morgan fingerprint density at radius 3 is 2.89 bits per heavy atom. The summed E-state index contributed by atoms with van der Waals surface area (Å²) in [5, 5.41) is 0. The van der Waals surface area contributed by atoms with E-state index in [1.54, 1.807) is 13.2 Å². The molecule has 0 bridgehead atoms. The summed E-state index contributed by atoms with van der Waals surface area (Å²) < 4.78 is 10.7. The van der Waals surface area contributed by atoms with Gasteiger partial charge in [-0.25, -0.2) is 0 Å². The molecule has 1 rings (SSSR count). The fourth-order valence-electron chi connectivity index (χ4n) is 1.55. The van der Waals surface area contributed by atoms with E-state index in [0.29, 0.717) is 0 Å². The molecule has 1 saturated heterocycles. The van der Waals surface area contributed by atoms with Crippen LogP contribution < -0.4 is 0 Å². The molecule has 0 aliphatic carbocycles. The highest BCUT2D eigenvalue weighted by atomic mass is 16.7. The number of unbranched alkanes of at least 4 members (excludes halogenated alkanes) is 1. The van der Waals surface area contributed by atoms with E-state index in [1.807, 2.05) is 18.2 Å². The summed E-state index contributed by atoms with van der Waals surface area (Å²) in [6, 6.07) is 0. The average Bonchev–Trinajstić information content (AvgIpc) is 2.85. The summed E-state index contributed by atoms with van der Waals surface area (Å²) in [6.07, 6.45) is 11.8. The Morgan fingerprint density at radius 1 is 1.28 bits per heavy atom. The molecule has 2 heteroatoms. The molecule has 0 aromatic carbocycles. The minimum absolute atomic E-state index is 0.0442. The zero-order valence-corrected chi connectivity index (χ0v) is 11.1. The van der Waals surface area contributed by atoms with Crippen molar-refractivity contribution in [3.63, 3.8) is 0 Å². The van der Waals surface area contributed by atoms with E-state index in [9.17, 15) is 0 Å². The number of ether oxygens (including phenoxy) is 2. The van der Waals surface area contributed by atoms with Gasteiger partial charge in [-0.2, -0.15) is 0 Å². The third kappa shape index (κ3) is 6.30. The zero-order chi connectivity index (χ0) is 13.1. The van der Waals surface area contributed by atoms with Gasteiger partial charge in [0.05, 0.1) is 6.10 Å². The van der Waals surface area contributed by atoms with Crippen LogP contribution in [0.4, 0.5) is 0 Å². The lowest BCUT2D eigenvalue weighted by atomic mass is 10.2. The summed E-state index contributed by atoms with van der Waals surface area (Å²) in [6.45, 7) is 2.10. The molecule has 1 fully saturated rings. The lowest BCUT2D eigenvalue weighted by molar-refractivity contribution is -0.104. The number of allylic oxidation sites excluding steroid dienone is 3. The van der Waals surface area contributed by atoms with Crippen molar-refractivity contribution < 1.29 is 9.47 Å². The van der Waals surface area contributed by atoms with Crippen LogP contribution in [-0.4, -0.2) is 19.5 Å². The smallest absolute Gasteiger partial charge is 0.158 e. The number of rotatable bonds is 4. The highest BCUT2D eigenvalue weighted by Crippen LogP contribution is 2.20. The van der Waals surface area contributed by atoms with Crippen molar-refractivity contribution >= 4 is 0 Å². The molecule has 0 aromatic heterocycles. The predicted octanol–water partition coefficient (Wildman–Crippen LogP) is 3.06. The lowest BCUT2D eigenvalue weighted by Crippen LogP contribution is -2.10. The molecular weight excluding hydrogens is 224 g/mol. The summed E-state index contributed by atoms with van der Waals surface area (Å²) in [5.41, 5.74) is 0. The zero-order valence-electron chi connectivity index (χ0n) is 11.1. The molecule has 0 aromatic rings. The van der Waals surface area contributed by atoms with Gasteiger partial charge in [0.25, 0.3) is 0 Å². The maximum Gasteiger partial charge on any atom is 0.158 e. The Morgan fingerprint density at radius 2 is 2.17 bits per heavy atom.